The van der Waals surface area contributed by atoms with Gasteiger partial charge in [-0.2, -0.15) is 11.8 Å². The minimum atomic E-state index is 0.288. The van der Waals surface area contributed by atoms with Crippen LogP contribution in [-0.2, 0) is 13.0 Å². The van der Waals surface area contributed by atoms with Crippen molar-refractivity contribution in [3.8, 4) is 22.8 Å². The molecule has 2 aliphatic heterocycles. The lowest BCUT2D eigenvalue weighted by Crippen LogP contribution is -2.37. The summed E-state index contributed by atoms with van der Waals surface area (Å²) in [6.07, 6.45) is 4.30. The average molecular weight is 346 g/mol. The Labute approximate surface area is 146 Å². The predicted octanol–water partition coefficient (Wildman–Crippen LogP) is 3.57. The number of hydrogen-bond acceptors (Lipinski definition) is 6. The van der Waals surface area contributed by atoms with Gasteiger partial charge in [0.2, 0.25) is 6.79 Å². The molecule has 2 aliphatic rings. The van der Waals surface area contributed by atoms with Crippen LogP contribution in [-0.4, -0.2) is 41.4 Å². The lowest BCUT2D eigenvalue weighted by Gasteiger charge is -2.31. The van der Waals surface area contributed by atoms with Crippen molar-refractivity contribution in [1.82, 2.24) is 10.1 Å². The molecule has 0 radical (unpaired) electrons. The van der Waals surface area contributed by atoms with Crippen LogP contribution >= 0.6 is 11.8 Å². The lowest BCUT2D eigenvalue weighted by atomic mass is 9.99. The van der Waals surface area contributed by atoms with Gasteiger partial charge < -0.3 is 14.0 Å². The molecule has 2 aromatic rings. The first-order valence-corrected chi connectivity index (χ1v) is 9.76. The number of rotatable bonds is 5. The summed E-state index contributed by atoms with van der Waals surface area (Å²) in [6, 6.07) is 6.55. The van der Waals surface area contributed by atoms with E-state index in [-0.39, 0.29) is 6.79 Å². The maximum Gasteiger partial charge on any atom is 0.231 e. The van der Waals surface area contributed by atoms with Gasteiger partial charge in [-0.25, -0.2) is 0 Å². The summed E-state index contributed by atoms with van der Waals surface area (Å²) < 4.78 is 16.5. The van der Waals surface area contributed by atoms with Crippen LogP contribution in [0.3, 0.4) is 0 Å². The topological polar surface area (TPSA) is 47.7 Å². The second-order valence-electron chi connectivity index (χ2n) is 6.35. The van der Waals surface area contributed by atoms with Crippen molar-refractivity contribution >= 4 is 11.8 Å². The Hall–Kier alpha value is -1.66. The second-order valence-corrected chi connectivity index (χ2v) is 7.34. The molecule has 0 fully saturated rings. The third-order valence-corrected chi connectivity index (χ3v) is 5.51. The standard InChI is InChI=1S/C18H22N2O3S/c1-12(6-8-24-2)20-7-5-15-14(10-20)18(19-23-15)13-3-4-16-17(9-13)22-11-21-16/h3-4,9,12H,5-8,10-11H2,1-2H3. The predicted molar refractivity (Wildman–Crippen MR) is 94.6 cm³/mol. The number of fused-ring (bicyclic) bond motifs is 2. The number of ether oxygens (including phenoxy) is 2. The van der Waals surface area contributed by atoms with E-state index in [0.29, 0.717) is 6.04 Å². The summed E-state index contributed by atoms with van der Waals surface area (Å²) in [4.78, 5) is 2.53. The molecule has 1 aromatic heterocycles. The Morgan fingerprint density at radius 2 is 2.17 bits per heavy atom. The molecule has 6 heteroatoms. The Balaban J connectivity index is 1.58. The fourth-order valence-electron chi connectivity index (χ4n) is 3.35. The van der Waals surface area contributed by atoms with Gasteiger partial charge in [0, 0.05) is 36.7 Å². The summed E-state index contributed by atoms with van der Waals surface area (Å²) in [7, 11) is 0. The fraction of sp³-hybridized carbons (Fsp3) is 0.500. The highest BCUT2D eigenvalue weighted by molar-refractivity contribution is 7.98. The summed E-state index contributed by atoms with van der Waals surface area (Å²) >= 11 is 1.91. The van der Waals surface area contributed by atoms with E-state index in [1.807, 2.05) is 30.0 Å². The molecule has 0 saturated carbocycles. The van der Waals surface area contributed by atoms with Crippen LogP contribution in [0.15, 0.2) is 22.7 Å². The van der Waals surface area contributed by atoms with Gasteiger partial charge in [0.05, 0.1) is 0 Å². The van der Waals surface area contributed by atoms with Gasteiger partial charge in [-0.3, -0.25) is 4.90 Å². The molecule has 128 valence electrons. The highest BCUT2D eigenvalue weighted by Crippen LogP contribution is 2.38. The van der Waals surface area contributed by atoms with Crippen LogP contribution in [0.2, 0.25) is 0 Å². The molecule has 1 unspecified atom stereocenters. The normalized spacial score (nSPS) is 17.8. The van der Waals surface area contributed by atoms with Gasteiger partial charge in [0.1, 0.15) is 11.5 Å². The van der Waals surface area contributed by atoms with Crippen LogP contribution in [0.5, 0.6) is 11.5 Å². The van der Waals surface area contributed by atoms with Crippen molar-refractivity contribution in [2.24, 2.45) is 0 Å². The maximum atomic E-state index is 5.62. The molecule has 5 nitrogen and oxygen atoms in total. The van der Waals surface area contributed by atoms with Crippen molar-refractivity contribution in [1.29, 1.82) is 0 Å². The van der Waals surface area contributed by atoms with E-state index in [4.69, 9.17) is 14.0 Å². The molecule has 24 heavy (non-hydrogen) atoms. The van der Waals surface area contributed by atoms with Gasteiger partial charge in [0.25, 0.3) is 0 Å². The number of thioether (sulfide) groups is 1. The quantitative estimate of drug-likeness (QED) is 0.825. The number of aromatic nitrogens is 1. The average Bonchev–Trinajstić information content (AvgIpc) is 3.24. The molecule has 0 saturated heterocycles. The Bertz CT molecular complexity index is 731. The largest absolute Gasteiger partial charge is 0.454 e. The summed E-state index contributed by atoms with van der Waals surface area (Å²) in [5.74, 6) is 3.80. The number of hydrogen-bond donors (Lipinski definition) is 0. The fourth-order valence-corrected chi connectivity index (χ4v) is 3.92. The van der Waals surface area contributed by atoms with E-state index in [1.54, 1.807) is 0 Å². The molecule has 3 heterocycles. The monoisotopic (exact) mass is 346 g/mol. The zero-order chi connectivity index (χ0) is 16.5. The third kappa shape index (κ3) is 2.89. The first-order chi connectivity index (χ1) is 11.8. The highest BCUT2D eigenvalue weighted by atomic mass is 32.2. The van der Waals surface area contributed by atoms with Crippen molar-refractivity contribution < 1.29 is 14.0 Å². The van der Waals surface area contributed by atoms with Crippen molar-refractivity contribution in [2.45, 2.75) is 32.4 Å². The van der Waals surface area contributed by atoms with Crippen LogP contribution in [0.25, 0.3) is 11.3 Å². The van der Waals surface area contributed by atoms with Crippen LogP contribution in [0.1, 0.15) is 24.7 Å². The van der Waals surface area contributed by atoms with E-state index < -0.39 is 0 Å². The van der Waals surface area contributed by atoms with Gasteiger partial charge in [-0.1, -0.05) is 5.16 Å². The van der Waals surface area contributed by atoms with E-state index in [1.165, 1.54) is 17.7 Å². The summed E-state index contributed by atoms with van der Waals surface area (Å²) in [5.41, 5.74) is 3.18. The zero-order valence-corrected chi connectivity index (χ0v) is 14.9. The van der Waals surface area contributed by atoms with Crippen LogP contribution < -0.4 is 9.47 Å². The molecule has 0 amide bonds. The van der Waals surface area contributed by atoms with Crippen molar-refractivity contribution in [3.05, 3.63) is 29.5 Å². The van der Waals surface area contributed by atoms with Gasteiger partial charge in [-0.15, -0.1) is 0 Å². The summed E-state index contributed by atoms with van der Waals surface area (Å²) in [5, 5.41) is 4.35. The Kier molecular flexibility index (Phi) is 4.41. The molecule has 0 N–H and O–H groups in total. The third-order valence-electron chi connectivity index (χ3n) is 4.87. The first kappa shape index (κ1) is 15.8. The van der Waals surface area contributed by atoms with E-state index >= 15 is 0 Å². The molecule has 1 atom stereocenters. The number of benzene rings is 1. The molecule has 4 rings (SSSR count). The Morgan fingerprint density at radius 1 is 1.29 bits per heavy atom. The first-order valence-electron chi connectivity index (χ1n) is 8.36. The van der Waals surface area contributed by atoms with Gasteiger partial charge >= 0.3 is 0 Å². The molecular formula is C18H22N2O3S. The van der Waals surface area contributed by atoms with Gasteiger partial charge in [-0.05, 0) is 43.6 Å². The minimum absolute atomic E-state index is 0.288. The van der Waals surface area contributed by atoms with E-state index in [0.717, 1.165) is 48.0 Å². The smallest absolute Gasteiger partial charge is 0.231 e. The summed E-state index contributed by atoms with van der Waals surface area (Å²) in [6.45, 7) is 4.54. The van der Waals surface area contributed by atoms with Crippen molar-refractivity contribution in [2.75, 3.05) is 25.3 Å². The second kappa shape index (κ2) is 6.69. The van der Waals surface area contributed by atoms with Crippen LogP contribution in [0, 0.1) is 0 Å². The van der Waals surface area contributed by atoms with Crippen LogP contribution in [0.4, 0.5) is 0 Å². The molecule has 0 aliphatic carbocycles. The molecule has 1 aromatic carbocycles. The highest BCUT2D eigenvalue weighted by Gasteiger charge is 2.28. The Morgan fingerprint density at radius 3 is 3.04 bits per heavy atom. The maximum absolute atomic E-state index is 5.62. The van der Waals surface area contributed by atoms with E-state index in [9.17, 15) is 0 Å². The molecular weight excluding hydrogens is 324 g/mol. The van der Waals surface area contributed by atoms with E-state index in [2.05, 4.69) is 23.2 Å². The molecule has 0 bridgehead atoms. The number of nitrogens with zero attached hydrogens (tertiary/aromatic N) is 2. The minimum Gasteiger partial charge on any atom is -0.454 e. The SMILES string of the molecule is CSCCC(C)N1CCc2onc(-c3ccc4c(c3)OCO4)c2C1. The molecule has 0 spiro atoms. The van der Waals surface area contributed by atoms with Gasteiger partial charge in [0.15, 0.2) is 11.5 Å². The van der Waals surface area contributed by atoms with Crippen molar-refractivity contribution in [3.63, 3.8) is 0 Å². The zero-order valence-electron chi connectivity index (χ0n) is 14.1. The lowest BCUT2D eigenvalue weighted by molar-refractivity contribution is 0.174.